The van der Waals surface area contributed by atoms with Crippen LogP contribution in [0.3, 0.4) is 0 Å². The molecule has 0 aromatic heterocycles. The minimum Gasteiger partial charge on any atom is -0.812 e. The molecule has 4 nitrogen and oxygen atoms in total. The monoisotopic (exact) mass is 946 g/mol. The van der Waals surface area contributed by atoms with E-state index in [9.17, 15) is 0 Å². The molecule has 0 saturated heterocycles. The Bertz CT molecular complexity index is 590. The molecule has 32 heavy (non-hydrogen) atoms. The van der Waals surface area contributed by atoms with Gasteiger partial charge in [-0.25, -0.2) is 0 Å². The summed E-state index contributed by atoms with van der Waals surface area (Å²) in [5.74, 6) is 3.13. The van der Waals surface area contributed by atoms with Gasteiger partial charge in [0.2, 0.25) is 0 Å². The van der Waals surface area contributed by atoms with Crippen LogP contribution in [-0.2, 0) is 92.6 Å². The third-order valence-electron chi connectivity index (χ3n) is 2.22. The maximum absolute atomic E-state index is 8.01. The molecule has 14 heteroatoms. The Morgan fingerprint density at radius 3 is 0.906 bits per heavy atom. The zero-order valence-corrected chi connectivity index (χ0v) is 31.3. The van der Waals surface area contributed by atoms with E-state index in [-0.39, 0.29) is 93.6 Å². The average Bonchev–Trinajstić information content (AvgIpc) is 2.64. The average molecular weight is 947 g/mol. The number of nitriles is 3. The fourth-order valence-electron chi connectivity index (χ4n) is 1.61. The maximum atomic E-state index is 8.01. The van der Waals surface area contributed by atoms with Gasteiger partial charge in [0.1, 0.15) is 0 Å². The summed E-state index contributed by atoms with van der Waals surface area (Å²) in [5.41, 5.74) is 0. The Morgan fingerprint density at radius 1 is 0.625 bits per heavy atom. The van der Waals surface area contributed by atoms with Gasteiger partial charge >= 0.3 is 42.1 Å². The number of hydrogen-bond donors (Lipinski definition) is 0. The van der Waals surface area contributed by atoms with Gasteiger partial charge in [0.25, 0.3) is 0 Å². The third kappa shape index (κ3) is 45.0. The molecule has 0 aliphatic carbocycles. The first kappa shape index (κ1) is 46.7. The molecular weight excluding hydrogens is 915 g/mol. The molecule has 0 atom stereocenters. The van der Waals surface area contributed by atoms with E-state index < -0.39 is 0 Å². The van der Waals surface area contributed by atoms with Crippen molar-refractivity contribution in [2.75, 3.05) is 65.1 Å². The fraction of sp³-hybridized carbons (Fsp3) is 0.556. The second kappa shape index (κ2) is 32.4. The SMILES string of the molecule is C[PH+](C)C[PH+](C)C.C[PH+](C)C[PH+](C)C.N#C/C([S-])=C(/[S-])C#N.[C-]#[N+]/C([S-])=C(/[S-])C#N.[Pt+2].[Pt+2]. The van der Waals surface area contributed by atoms with Crippen molar-refractivity contribution in [1.29, 1.82) is 15.8 Å². The van der Waals surface area contributed by atoms with Crippen LogP contribution < -0.4 is 0 Å². The predicted molar refractivity (Wildman–Crippen MR) is 157 cm³/mol. The van der Waals surface area contributed by atoms with Crippen LogP contribution >= 0.6 is 31.7 Å². The molecule has 0 fully saturated rings. The summed E-state index contributed by atoms with van der Waals surface area (Å²) in [6.45, 7) is 25.4. The molecule has 0 amide bonds. The van der Waals surface area contributed by atoms with Gasteiger partial charge in [-0.1, -0.05) is 0 Å². The van der Waals surface area contributed by atoms with Gasteiger partial charge in [0.15, 0.2) is 11.8 Å². The van der Waals surface area contributed by atoms with Crippen molar-refractivity contribution in [2.45, 2.75) is 0 Å². The molecule has 184 valence electrons. The molecular formula is C18H32N4P4Pt2S4+4. The van der Waals surface area contributed by atoms with Crippen molar-refractivity contribution in [2.24, 2.45) is 0 Å². The largest absolute Gasteiger partial charge is 2.00 e. The van der Waals surface area contributed by atoms with Crippen molar-refractivity contribution in [3.8, 4) is 18.2 Å². The molecule has 0 aromatic carbocycles. The summed E-state index contributed by atoms with van der Waals surface area (Å²) in [4.78, 5) is 2.46. The Morgan fingerprint density at radius 2 is 0.844 bits per heavy atom. The minimum atomic E-state index is -0.123. The molecule has 0 bridgehead atoms. The number of nitrogens with zero attached hydrogens (tertiary/aromatic N) is 4. The third-order valence-corrected chi connectivity index (χ3v) is 15.0. The first-order valence-electron chi connectivity index (χ1n) is 8.60. The molecule has 0 saturated carbocycles. The number of hydrogen-bond acceptors (Lipinski definition) is 7. The van der Waals surface area contributed by atoms with Gasteiger partial charge in [-0.15, -0.1) is 14.7 Å². The van der Waals surface area contributed by atoms with E-state index in [4.69, 9.17) is 22.4 Å². The summed E-state index contributed by atoms with van der Waals surface area (Å²) >= 11 is 17.4. The van der Waals surface area contributed by atoms with Crippen LogP contribution in [0.4, 0.5) is 0 Å². The van der Waals surface area contributed by atoms with Crippen molar-refractivity contribution in [3.63, 3.8) is 0 Å². The van der Waals surface area contributed by atoms with E-state index in [1.54, 1.807) is 30.0 Å². The van der Waals surface area contributed by atoms with Crippen molar-refractivity contribution in [3.05, 3.63) is 31.2 Å². The van der Waals surface area contributed by atoms with Crippen molar-refractivity contribution < 1.29 is 42.1 Å². The fourth-order valence-corrected chi connectivity index (χ4v) is 13.1. The Hall–Kier alpha value is 1.42. The molecule has 0 unspecified atom stereocenters. The molecule has 0 aromatic rings. The predicted octanol–water partition coefficient (Wildman–Crippen LogP) is 4.81. The topological polar surface area (TPSA) is 75.7 Å². The normalized spacial score (nSPS) is 10.2. The van der Waals surface area contributed by atoms with Crippen LogP contribution in [0.25, 0.3) is 4.85 Å². The number of allylic oxidation sites excluding steroid dienone is 3. The van der Waals surface area contributed by atoms with Gasteiger partial charge < -0.3 is 50.5 Å². The Balaban J connectivity index is -0.0000000691. The van der Waals surface area contributed by atoms with Crippen LogP contribution in [0.2, 0.25) is 0 Å². The summed E-state index contributed by atoms with van der Waals surface area (Å²) < 4.78 is 0. The quantitative estimate of drug-likeness (QED) is 0.174. The van der Waals surface area contributed by atoms with E-state index in [1.165, 1.54) is 0 Å². The Labute approximate surface area is 252 Å². The van der Waals surface area contributed by atoms with Gasteiger partial charge in [-0.3, -0.25) is 4.85 Å². The molecule has 0 rings (SSSR count). The first-order chi connectivity index (χ1) is 13.7. The van der Waals surface area contributed by atoms with Crippen molar-refractivity contribution in [1.82, 2.24) is 0 Å². The van der Waals surface area contributed by atoms with Crippen LogP contribution in [-0.4, -0.2) is 65.1 Å². The van der Waals surface area contributed by atoms with Crippen LogP contribution in [0.5, 0.6) is 0 Å². The van der Waals surface area contributed by atoms with Crippen molar-refractivity contribution >= 4 is 82.2 Å². The molecule has 0 aliphatic heterocycles. The summed E-state index contributed by atoms with van der Waals surface area (Å²) in [5, 5.41) is 23.9. The van der Waals surface area contributed by atoms with E-state index in [0.29, 0.717) is 0 Å². The number of rotatable bonds is 4. The summed E-state index contributed by atoms with van der Waals surface area (Å²) in [6, 6.07) is 4.76. The van der Waals surface area contributed by atoms with Gasteiger partial charge in [-0.05, 0) is 0 Å². The zero-order chi connectivity index (χ0) is 24.9. The van der Waals surface area contributed by atoms with E-state index in [2.05, 4.69) is 109 Å². The zero-order valence-electron chi connectivity index (χ0n) is 19.5. The van der Waals surface area contributed by atoms with Gasteiger partial charge in [0.05, 0.1) is 24.8 Å². The second-order valence-corrected chi connectivity index (χ2v) is 21.0. The molecule has 0 radical (unpaired) electrons. The van der Waals surface area contributed by atoms with E-state index in [1.807, 2.05) is 0 Å². The van der Waals surface area contributed by atoms with Crippen LogP contribution in [0.15, 0.2) is 19.7 Å². The Kier molecular flexibility index (Phi) is 47.3. The van der Waals surface area contributed by atoms with E-state index >= 15 is 0 Å². The summed E-state index contributed by atoms with van der Waals surface area (Å²) in [6.07, 6.45) is 0. The standard InChI is InChI=1S/2C5H14P2.2C4H2N2S2.2Pt/c2*1-6(2)5-7(3)4;1-6-4(8)3(7)2-5;5-1-3(7)4(8)2-6;;/h2*5H2,1-4H3;2*7-8H;;/q;;;;2*+2/b;;2*4-3-;;. The van der Waals surface area contributed by atoms with Gasteiger partial charge in [-0.2, -0.15) is 15.8 Å². The van der Waals surface area contributed by atoms with E-state index in [0.717, 1.165) is 0 Å². The van der Waals surface area contributed by atoms with Crippen LogP contribution in [0.1, 0.15) is 0 Å². The smallest absolute Gasteiger partial charge is 0.812 e. The molecule has 0 N–H and O–H groups in total. The molecule has 0 spiro atoms. The second-order valence-electron chi connectivity index (χ2n) is 6.92. The first-order valence-corrected chi connectivity index (χ1v) is 21.1. The van der Waals surface area contributed by atoms with Gasteiger partial charge in [0, 0.05) is 90.0 Å². The molecule has 0 heterocycles. The summed E-state index contributed by atoms with van der Waals surface area (Å²) in [7, 11) is 0.444. The van der Waals surface area contributed by atoms with Crippen LogP contribution in [0, 0.1) is 40.6 Å². The molecule has 0 aliphatic rings. The maximum Gasteiger partial charge on any atom is 2.00 e. The minimum absolute atomic E-state index is 0.